The Balaban J connectivity index is 2.11. The van der Waals surface area contributed by atoms with Crippen LogP contribution in [0.2, 0.25) is 0 Å². The van der Waals surface area contributed by atoms with Crippen molar-refractivity contribution in [1.29, 1.82) is 0 Å². The molecule has 0 saturated carbocycles. The molecule has 0 unspecified atom stereocenters. The predicted molar refractivity (Wildman–Crippen MR) is 83.4 cm³/mol. The van der Waals surface area contributed by atoms with E-state index in [0.29, 0.717) is 15.7 Å². The summed E-state index contributed by atoms with van der Waals surface area (Å²) in [6.07, 6.45) is 0. The highest BCUT2D eigenvalue weighted by Crippen LogP contribution is 2.27. The number of hydrogen-bond donors (Lipinski definition) is 1. The summed E-state index contributed by atoms with van der Waals surface area (Å²) in [7, 11) is 3.56. The van der Waals surface area contributed by atoms with Crippen LogP contribution in [-0.4, -0.2) is 21.8 Å². The number of pyridine rings is 1. The van der Waals surface area contributed by atoms with Gasteiger partial charge in [0.05, 0.1) is 16.1 Å². The van der Waals surface area contributed by atoms with Gasteiger partial charge in [-0.25, -0.2) is 0 Å². The zero-order chi connectivity index (χ0) is 14.1. The van der Waals surface area contributed by atoms with Crippen molar-refractivity contribution in [1.82, 2.24) is 14.8 Å². The highest BCUT2D eigenvalue weighted by Gasteiger charge is 2.13. The summed E-state index contributed by atoms with van der Waals surface area (Å²) in [5.41, 5.74) is 1.42. The van der Waals surface area contributed by atoms with E-state index in [1.165, 1.54) is 11.3 Å². The van der Waals surface area contributed by atoms with Gasteiger partial charge in [0.25, 0.3) is 5.56 Å². The Morgan fingerprint density at radius 3 is 2.75 bits per heavy atom. The molecule has 102 valence electrons. The van der Waals surface area contributed by atoms with Crippen LogP contribution in [0.15, 0.2) is 34.4 Å². The average molecular weight is 304 g/mol. The van der Waals surface area contributed by atoms with Crippen molar-refractivity contribution in [2.45, 2.75) is 0 Å². The molecule has 0 radical (unpaired) electrons. The summed E-state index contributed by atoms with van der Waals surface area (Å²) in [6.45, 7) is 0. The zero-order valence-electron chi connectivity index (χ0n) is 11.0. The van der Waals surface area contributed by atoms with Crippen LogP contribution in [-0.2, 0) is 7.05 Å². The normalized spacial score (nSPS) is 10.7. The molecule has 3 aromatic heterocycles. The topological polar surface area (TPSA) is 59.8 Å². The lowest BCUT2D eigenvalue weighted by atomic mass is 10.2. The lowest BCUT2D eigenvalue weighted by molar-refractivity contribution is 0.874. The number of nitrogens with one attached hydrogen (secondary N) is 1. The van der Waals surface area contributed by atoms with Gasteiger partial charge >= 0.3 is 0 Å². The van der Waals surface area contributed by atoms with Crippen molar-refractivity contribution in [2.75, 3.05) is 12.4 Å². The second kappa shape index (κ2) is 5.18. The Labute approximate surface area is 123 Å². The second-order valence-electron chi connectivity index (χ2n) is 4.14. The smallest absolute Gasteiger partial charge is 0.261 e. The van der Waals surface area contributed by atoms with Crippen LogP contribution in [0.4, 0.5) is 5.13 Å². The fraction of sp³-hybridized carbons (Fsp3) is 0.154. The number of thiophene rings is 1. The van der Waals surface area contributed by atoms with Gasteiger partial charge in [0, 0.05) is 14.1 Å². The molecule has 0 saturated heterocycles. The van der Waals surface area contributed by atoms with Gasteiger partial charge in [-0.1, -0.05) is 17.4 Å². The van der Waals surface area contributed by atoms with Crippen molar-refractivity contribution >= 4 is 27.8 Å². The first-order chi connectivity index (χ1) is 9.70. The highest BCUT2D eigenvalue weighted by atomic mass is 32.1. The fourth-order valence-corrected chi connectivity index (χ4v) is 3.40. The maximum atomic E-state index is 12.5. The van der Waals surface area contributed by atoms with Gasteiger partial charge in [0.15, 0.2) is 5.01 Å². The standard InChI is InChI=1S/C13H12N4OS2/c1-14-13-16-15-11(20-13)8-5-6-9(17(2)12(8)18)10-4-3-7-19-10/h3-7H,1-2H3,(H,14,16). The summed E-state index contributed by atoms with van der Waals surface area (Å²) in [6, 6.07) is 7.74. The van der Waals surface area contributed by atoms with Crippen LogP contribution >= 0.6 is 22.7 Å². The van der Waals surface area contributed by atoms with Gasteiger partial charge in [-0.3, -0.25) is 4.79 Å². The van der Waals surface area contributed by atoms with Crippen molar-refractivity contribution in [3.05, 3.63) is 40.0 Å². The van der Waals surface area contributed by atoms with Crippen molar-refractivity contribution < 1.29 is 0 Å². The fourth-order valence-electron chi connectivity index (χ4n) is 1.90. The number of hydrogen-bond acceptors (Lipinski definition) is 6. The van der Waals surface area contributed by atoms with Crippen molar-refractivity contribution in [2.24, 2.45) is 7.05 Å². The monoisotopic (exact) mass is 304 g/mol. The van der Waals surface area contributed by atoms with Crippen LogP contribution in [0.3, 0.4) is 0 Å². The minimum atomic E-state index is -0.0605. The summed E-state index contributed by atoms with van der Waals surface area (Å²) in [5, 5.41) is 14.3. The van der Waals surface area contributed by atoms with Crippen molar-refractivity contribution in [3.8, 4) is 21.1 Å². The summed E-state index contributed by atoms with van der Waals surface area (Å²) in [5.74, 6) is 0. The number of anilines is 1. The molecule has 3 heterocycles. The highest BCUT2D eigenvalue weighted by molar-refractivity contribution is 7.18. The van der Waals surface area contributed by atoms with E-state index in [2.05, 4.69) is 15.5 Å². The lowest BCUT2D eigenvalue weighted by Crippen LogP contribution is -2.19. The van der Waals surface area contributed by atoms with Gasteiger partial charge in [-0.05, 0) is 23.6 Å². The van der Waals surface area contributed by atoms with E-state index < -0.39 is 0 Å². The predicted octanol–water partition coefficient (Wildman–Crippen LogP) is 2.67. The minimum Gasteiger partial charge on any atom is -0.363 e. The molecule has 0 aromatic carbocycles. The van der Waals surface area contributed by atoms with Gasteiger partial charge in [0.1, 0.15) is 0 Å². The molecular formula is C13H12N4OS2. The molecule has 0 aliphatic rings. The zero-order valence-corrected chi connectivity index (χ0v) is 12.6. The van der Waals surface area contributed by atoms with E-state index in [-0.39, 0.29) is 5.56 Å². The molecule has 7 heteroatoms. The Morgan fingerprint density at radius 2 is 2.10 bits per heavy atom. The van der Waals surface area contributed by atoms with Gasteiger partial charge in [-0.2, -0.15) is 0 Å². The molecule has 0 aliphatic heterocycles. The lowest BCUT2D eigenvalue weighted by Gasteiger charge is -2.07. The third kappa shape index (κ3) is 2.14. The number of rotatable bonds is 3. The quantitative estimate of drug-likeness (QED) is 0.808. The maximum Gasteiger partial charge on any atom is 0.261 e. The van der Waals surface area contributed by atoms with E-state index in [1.54, 1.807) is 30.0 Å². The largest absolute Gasteiger partial charge is 0.363 e. The van der Waals surface area contributed by atoms with E-state index in [0.717, 1.165) is 10.6 Å². The number of nitrogens with zero attached hydrogens (tertiary/aromatic N) is 3. The summed E-state index contributed by atoms with van der Waals surface area (Å²) < 4.78 is 1.65. The van der Waals surface area contributed by atoms with Crippen LogP contribution in [0.1, 0.15) is 0 Å². The van der Waals surface area contributed by atoms with E-state index >= 15 is 0 Å². The molecule has 0 atom stereocenters. The van der Waals surface area contributed by atoms with E-state index in [1.807, 2.05) is 29.6 Å². The molecule has 0 fully saturated rings. The molecule has 0 amide bonds. The molecule has 0 spiro atoms. The van der Waals surface area contributed by atoms with Crippen molar-refractivity contribution in [3.63, 3.8) is 0 Å². The van der Waals surface area contributed by atoms with Gasteiger partial charge in [0.2, 0.25) is 5.13 Å². The second-order valence-corrected chi connectivity index (χ2v) is 6.06. The summed E-state index contributed by atoms with van der Waals surface area (Å²) >= 11 is 2.98. The maximum absolute atomic E-state index is 12.5. The minimum absolute atomic E-state index is 0.0605. The Morgan fingerprint density at radius 1 is 1.25 bits per heavy atom. The van der Waals surface area contributed by atoms with Gasteiger partial charge in [-0.15, -0.1) is 21.5 Å². The van der Waals surface area contributed by atoms with Gasteiger partial charge < -0.3 is 9.88 Å². The molecule has 1 N–H and O–H groups in total. The molecule has 0 bridgehead atoms. The molecule has 3 rings (SSSR count). The molecule has 3 aromatic rings. The first-order valence-electron chi connectivity index (χ1n) is 5.96. The Bertz CT molecular complexity index is 789. The number of aromatic nitrogens is 3. The van der Waals surface area contributed by atoms with Crippen LogP contribution < -0.4 is 10.9 Å². The SMILES string of the molecule is CNc1nnc(-c2ccc(-c3cccs3)n(C)c2=O)s1. The Hall–Kier alpha value is -1.99. The van der Waals surface area contributed by atoms with E-state index in [4.69, 9.17) is 0 Å². The van der Waals surface area contributed by atoms with Crippen LogP contribution in [0.25, 0.3) is 21.1 Å². The average Bonchev–Trinajstić information content (AvgIpc) is 3.12. The summed E-state index contributed by atoms with van der Waals surface area (Å²) in [4.78, 5) is 13.5. The van der Waals surface area contributed by atoms with E-state index in [9.17, 15) is 4.79 Å². The molecule has 5 nitrogen and oxygen atoms in total. The first kappa shape index (κ1) is 13.0. The van der Waals surface area contributed by atoms with Crippen LogP contribution in [0.5, 0.6) is 0 Å². The third-order valence-electron chi connectivity index (χ3n) is 2.95. The molecular weight excluding hydrogens is 292 g/mol. The third-order valence-corrected chi connectivity index (χ3v) is 4.81. The first-order valence-corrected chi connectivity index (χ1v) is 7.66. The molecule has 0 aliphatic carbocycles. The van der Waals surface area contributed by atoms with Crippen LogP contribution in [0, 0.1) is 0 Å². The molecule has 20 heavy (non-hydrogen) atoms. The Kier molecular flexibility index (Phi) is 3.37.